The first-order valence-corrected chi connectivity index (χ1v) is 5.13. The van der Waals surface area contributed by atoms with Gasteiger partial charge in [-0.3, -0.25) is 0 Å². The summed E-state index contributed by atoms with van der Waals surface area (Å²) in [4.78, 5) is 10.2. The van der Waals surface area contributed by atoms with E-state index >= 15 is 0 Å². The summed E-state index contributed by atoms with van der Waals surface area (Å²) in [5, 5.41) is 0. The van der Waals surface area contributed by atoms with Gasteiger partial charge in [-0.15, -0.1) is 6.58 Å². The molecule has 0 spiro atoms. The number of carbonyl (C=O) groups is 1. The van der Waals surface area contributed by atoms with E-state index in [-0.39, 0.29) is 6.10 Å². The fraction of sp³-hybridized carbons (Fsp3) is 0.308. The summed E-state index contributed by atoms with van der Waals surface area (Å²) >= 11 is 0. The van der Waals surface area contributed by atoms with Crippen LogP contribution in [0.2, 0.25) is 0 Å². The van der Waals surface area contributed by atoms with Crippen molar-refractivity contribution >= 4 is 6.29 Å². The lowest BCUT2D eigenvalue weighted by Gasteiger charge is -2.13. The van der Waals surface area contributed by atoms with Crippen molar-refractivity contribution in [2.24, 2.45) is 0 Å². The third-order valence-electron chi connectivity index (χ3n) is 2.19. The number of methoxy groups -OCH3 is 1. The second-order valence-electron chi connectivity index (χ2n) is 3.26. The van der Waals surface area contributed by atoms with Crippen molar-refractivity contribution in [1.82, 2.24) is 0 Å². The van der Waals surface area contributed by atoms with Crippen LogP contribution in [0.5, 0.6) is 5.75 Å². The standard InChI is InChI=1S/C13H16O3/c1-3-13(16-10-4-9-14)11-5-7-12(15-2)8-6-11/h3,5-9,13H,1,4,10H2,2H3. The molecule has 1 atom stereocenters. The molecule has 1 aromatic carbocycles. The van der Waals surface area contributed by atoms with E-state index in [1.54, 1.807) is 13.2 Å². The predicted molar refractivity (Wildman–Crippen MR) is 62.6 cm³/mol. The monoisotopic (exact) mass is 220 g/mol. The Balaban J connectivity index is 2.63. The number of aldehydes is 1. The van der Waals surface area contributed by atoms with Crippen molar-refractivity contribution in [2.45, 2.75) is 12.5 Å². The van der Waals surface area contributed by atoms with Crippen LogP contribution >= 0.6 is 0 Å². The zero-order valence-electron chi connectivity index (χ0n) is 9.39. The Morgan fingerprint density at radius 2 is 2.06 bits per heavy atom. The normalized spacial score (nSPS) is 11.8. The molecule has 1 aromatic rings. The fourth-order valence-electron chi connectivity index (χ4n) is 1.34. The fourth-order valence-corrected chi connectivity index (χ4v) is 1.34. The molecule has 0 aliphatic rings. The number of hydrogen-bond acceptors (Lipinski definition) is 3. The second kappa shape index (κ2) is 6.80. The topological polar surface area (TPSA) is 35.5 Å². The van der Waals surface area contributed by atoms with Gasteiger partial charge in [-0.05, 0) is 17.7 Å². The molecule has 0 saturated carbocycles. The average molecular weight is 220 g/mol. The number of carbonyl (C=O) groups excluding carboxylic acids is 1. The zero-order valence-corrected chi connectivity index (χ0v) is 9.39. The van der Waals surface area contributed by atoms with E-state index in [2.05, 4.69) is 6.58 Å². The third kappa shape index (κ3) is 3.51. The molecule has 0 aliphatic heterocycles. The molecule has 0 radical (unpaired) electrons. The largest absolute Gasteiger partial charge is 0.497 e. The molecule has 3 heteroatoms. The lowest BCUT2D eigenvalue weighted by molar-refractivity contribution is -0.109. The van der Waals surface area contributed by atoms with Gasteiger partial charge in [0.2, 0.25) is 0 Å². The van der Waals surface area contributed by atoms with Gasteiger partial charge in [0.25, 0.3) is 0 Å². The van der Waals surface area contributed by atoms with Crippen LogP contribution in [0.1, 0.15) is 18.1 Å². The quantitative estimate of drug-likeness (QED) is 0.402. The van der Waals surface area contributed by atoms with E-state index in [9.17, 15) is 4.79 Å². The predicted octanol–water partition coefficient (Wildman–Crippen LogP) is 2.53. The van der Waals surface area contributed by atoms with Crippen LogP contribution in [0.15, 0.2) is 36.9 Å². The minimum absolute atomic E-state index is 0.175. The van der Waals surface area contributed by atoms with E-state index in [0.717, 1.165) is 17.6 Å². The number of benzene rings is 1. The van der Waals surface area contributed by atoms with Gasteiger partial charge >= 0.3 is 0 Å². The molecule has 0 saturated heterocycles. The molecular formula is C13H16O3. The van der Waals surface area contributed by atoms with Crippen molar-refractivity contribution in [2.75, 3.05) is 13.7 Å². The van der Waals surface area contributed by atoms with Crippen LogP contribution in [0, 0.1) is 0 Å². The van der Waals surface area contributed by atoms with Crippen molar-refractivity contribution in [1.29, 1.82) is 0 Å². The number of ether oxygens (including phenoxy) is 2. The van der Waals surface area contributed by atoms with Crippen molar-refractivity contribution < 1.29 is 14.3 Å². The van der Waals surface area contributed by atoms with Crippen molar-refractivity contribution in [3.8, 4) is 5.75 Å². The molecule has 16 heavy (non-hydrogen) atoms. The molecule has 3 nitrogen and oxygen atoms in total. The minimum Gasteiger partial charge on any atom is -0.497 e. The average Bonchev–Trinajstić information content (AvgIpc) is 2.35. The van der Waals surface area contributed by atoms with Crippen LogP contribution in [0.25, 0.3) is 0 Å². The van der Waals surface area contributed by atoms with Gasteiger partial charge in [0, 0.05) is 6.42 Å². The Labute approximate surface area is 95.7 Å². The molecule has 0 aliphatic carbocycles. The summed E-state index contributed by atoms with van der Waals surface area (Å²) in [6.45, 7) is 4.12. The zero-order chi connectivity index (χ0) is 11.8. The second-order valence-corrected chi connectivity index (χ2v) is 3.26. The maximum absolute atomic E-state index is 10.2. The van der Waals surface area contributed by atoms with Crippen molar-refractivity contribution in [3.05, 3.63) is 42.5 Å². The highest BCUT2D eigenvalue weighted by Gasteiger charge is 2.07. The molecule has 0 amide bonds. The highest BCUT2D eigenvalue weighted by atomic mass is 16.5. The summed E-state index contributed by atoms with van der Waals surface area (Å²) in [6, 6.07) is 7.59. The molecule has 86 valence electrons. The molecule has 0 bridgehead atoms. The first-order valence-electron chi connectivity index (χ1n) is 5.13. The Bertz CT molecular complexity index is 330. The maximum Gasteiger partial charge on any atom is 0.122 e. The summed E-state index contributed by atoms with van der Waals surface area (Å²) < 4.78 is 10.6. The minimum atomic E-state index is -0.175. The SMILES string of the molecule is C=CC(OCCC=O)c1ccc(OC)cc1. The molecule has 1 unspecified atom stereocenters. The van der Waals surface area contributed by atoms with E-state index in [1.807, 2.05) is 24.3 Å². The molecule has 0 fully saturated rings. The number of rotatable bonds is 7. The lowest BCUT2D eigenvalue weighted by Crippen LogP contribution is -2.03. The molecule has 0 N–H and O–H groups in total. The Hall–Kier alpha value is -1.61. The van der Waals surface area contributed by atoms with Gasteiger partial charge in [-0.2, -0.15) is 0 Å². The van der Waals surface area contributed by atoms with Gasteiger partial charge in [0.05, 0.1) is 13.7 Å². The molecule has 0 heterocycles. The highest BCUT2D eigenvalue weighted by Crippen LogP contribution is 2.21. The Morgan fingerprint density at radius 3 is 2.56 bits per heavy atom. The summed E-state index contributed by atoms with van der Waals surface area (Å²) in [5.41, 5.74) is 1.00. The van der Waals surface area contributed by atoms with Crippen LogP contribution in [0.3, 0.4) is 0 Å². The van der Waals surface area contributed by atoms with E-state index < -0.39 is 0 Å². The summed E-state index contributed by atoms with van der Waals surface area (Å²) in [5.74, 6) is 0.805. The first-order chi connectivity index (χ1) is 7.81. The van der Waals surface area contributed by atoms with Gasteiger partial charge < -0.3 is 14.3 Å². The third-order valence-corrected chi connectivity index (χ3v) is 2.19. The van der Waals surface area contributed by atoms with Crippen molar-refractivity contribution in [3.63, 3.8) is 0 Å². The van der Waals surface area contributed by atoms with Gasteiger partial charge in [-0.25, -0.2) is 0 Å². The Kier molecular flexibility index (Phi) is 5.29. The highest BCUT2D eigenvalue weighted by molar-refractivity contribution is 5.49. The van der Waals surface area contributed by atoms with Crippen LogP contribution < -0.4 is 4.74 Å². The number of hydrogen-bond donors (Lipinski definition) is 0. The lowest BCUT2D eigenvalue weighted by atomic mass is 10.1. The van der Waals surface area contributed by atoms with Crippen LogP contribution in [-0.4, -0.2) is 20.0 Å². The van der Waals surface area contributed by atoms with Crippen LogP contribution in [-0.2, 0) is 9.53 Å². The van der Waals surface area contributed by atoms with Crippen LogP contribution in [0.4, 0.5) is 0 Å². The van der Waals surface area contributed by atoms with Gasteiger partial charge in [0.1, 0.15) is 18.1 Å². The summed E-state index contributed by atoms with van der Waals surface area (Å²) in [6.07, 6.45) is 2.78. The van der Waals surface area contributed by atoms with E-state index in [1.165, 1.54) is 0 Å². The van der Waals surface area contributed by atoms with E-state index in [4.69, 9.17) is 9.47 Å². The van der Waals surface area contributed by atoms with E-state index in [0.29, 0.717) is 13.0 Å². The molecular weight excluding hydrogens is 204 g/mol. The summed E-state index contributed by atoms with van der Waals surface area (Å²) in [7, 11) is 1.63. The molecule has 0 aromatic heterocycles. The smallest absolute Gasteiger partial charge is 0.122 e. The van der Waals surface area contributed by atoms with Gasteiger partial charge in [-0.1, -0.05) is 18.2 Å². The van der Waals surface area contributed by atoms with Gasteiger partial charge in [0.15, 0.2) is 0 Å². The molecule has 1 rings (SSSR count). The first kappa shape index (κ1) is 12.5. The Morgan fingerprint density at radius 1 is 1.38 bits per heavy atom. The maximum atomic E-state index is 10.2.